The minimum absolute atomic E-state index is 0.167. The topological polar surface area (TPSA) is 83.5 Å². The Hall–Kier alpha value is -0.620. The van der Waals surface area contributed by atoms with Crippen molar-refractivity contribution in [2.75, 3.05) is 18.8 Å². The summed E-state index contributed by atoms with van der Waals surface area (Å²) in [5.74, 6) is -1.13. The minimum atomic E-state index is -3.26. The molecule has 1 unspecified atom stereocenters. The quantitative estimate of drug-likeness (QED) is 0.730. The van der Waals surface area contributed by atoms with Crippen LogP contribution in [0.15, 0.2) is 0 Å². The lowest BCUT2D eigenvalue weighted by atomic mass is 9.95. The van der Waals surface area contributed by atoms with Gasteiger partial charge in [-0.25, -0.2) is 8.42 Å². The summed E-state index contributed by atoms with van der Waals surface area (Å²) >= 11 is 0. The summed E-state index contributed by atoms with van der Waals surface area (Å²) in [7, 11) is -3.26. The van der Waals surface area contributed by atoms with Crippen LogP contribution in [0.5, 0.6) is 0 Å². The Bertz CT molecular complexity index is 333. The van der Waals surface area contributed by atoms with Gasteiger partial charge in [0.05, 0.1) is 17.4 Å². The molecule has 1 heterocycles. The van der Waals surface area contributed by atoms with E-state index in [1.54, 1.807) is 6.92 Å². The molecule has 5 nitrogen and oxygen atoms in total. The van der Waals surface area contributed by atoms with Crippen LogP contribution in [0.25, 0.3) is 0 Å². The standard InChI is InChI=1S/C10H19NO4S/c1-8(9-2-5-11-6-3-9)16(14,15)7-4-10(12)13/h8-9,11H,2-7H2,1H3,(H,12,13). The molecular formula is C10H19NO4S. The SMILES string of the molecule is CC(C1CCNCC1)S(=O)(=O)CCC(=O)O. The Morgan fingerprint density at radius 1 is 1.44 bits per heavy atom. The average molecular weight is 249 g/mol. The van der Waals surface area contributed by atoms with Crippen LogP contribution in [-0.2, 0) is 14.6 Å². The van der Waals surface area contributed by atoms with Crippen molar-refractivity contribution in [2.24, 2.45) is 5.92 Å². The zero-order valence-corrected chi connectivity index (χ0v) is 10.3. The molecule has 1 fully saturated rings. The maximum atomic E-state index is 11.9. The number of hydrogen-bond donors (Lipinski definition) is 2. The van der Waals surface area contributed by atoms with E-state index < -0.39 is 21.1 Å². The molecule has 1 rings (SSSR count). The third-order valence-corrected chi connectivity index (χ3v) is 5.51. The number of carboxylic acids is 1. The Morgan fingerprint density at radius 3 is 2.50 bits per heavy atom. The number of carbonyl (C=O) groups is 1. The van der Waals surface area contributed by atoms with Crippen LogP contribution >= 0.6 is 0 Å². The van der Waals surface area contributed by atoms with Crippen molar-refractivity contribution in [1.82, 2.24) is 5.32 Å². The molecule has 0 radical (unpaired) electrons. The first kappa shape index (κ1) is 13.4. The van der Waals surface area contributed by atoms with Gasteiger partial charge in [0.25, 0.3) is 0 Å². The first-order valence-corrected chi connectivity index (χ1v) is 7.29. The Balaban J connectivity index is 2.56. The monoisotopic (exact) mass is 249 g/mol. The van der Waals surface area contributed by atoms with Gasteiger partial charge in [-0.2, -0.15) is 0 Å². The second-order valence-corrected chi connectivity index (χ2v) is 6.78. The molecule has 0 bridgehead atoms. The van der Waals surface area contributed by atoms with Gasteiger partial charge in [0, 0.05) is 0 Å². The van der Waals surface area contributed by atoms with Crippen LogP contribution in [0.3, 0.4) is 0 Å². The number of carboxylic acid groups (broad SMARTS) is 1. The van der Waals surface area contributed by atoms with Crippen LogP contribution in [-0.4, -0.2) is 43.6 Å². The molecule has 1 saturated heterocycles. The number of aliphatic carboxylic acids is 1. The minimum Gasteiger partial charge on any atom is -0.481 e. The van der Waals surface area contributed by atoms with Crippen LogP contribution < -0.4 is 5.32 Å². The predicted molar refractivity (Wildman–Crippen MR) is 61.1 cm³/mol. The lowest BCUT2D eigenvalue weighted by Crippen LogP contribution is -2.37. The number of sulfone groups is 1. The second-order valence-electron chi connectivity index (χ2n) is 4.30. The molecule has 1 atom stereocenters. The van der Waals surface area contributed by atoms with Crippen LogP contribution in [0, 0.1) is 5.92 Å². The van der Waals surface area contributed by atoms with Gasteiger partial charge >= 0.3 is 5.97 Å². The van der Waals surface area contributed by atoms with Crippen LogP contribution in [0.2, 0.25) is 0 Å². The Labute approximate surface area is 96.1 Å². The van der Waals surface area contributed by atoms with Gasteiger partial charge in [-0.05, 0) is 38.8 Å². The molecule has 0 aromatic heterocycles. The fourth-order valence-corrected chi connectivity index (χ4v) is 3.71. The predicted octanol–water partition coefficient (Wildman–Crippen LogP) is 0.264. The van der Waals surface area contributed by atoms with E-state index in [1.165, 1.54) is 0 Å². The van der Waals surface area contributed by atoms with E-state index in [2.05, 4.69) is 5.32 Å². The fraction of sp³-hybridized carbons (Fsp3) is 0.900. The van der Waals surface area contributed by atoms with Crippen molar-refractivity contribution in [3.63, 3.8) is 0 Å². The molecule has 0 aliphatic carbocycles. The van der Waals surface area contributed by atoms with E-state index in [4.69, 9.17) is 5.11 Å². The number of nitrogens with one attached hydrogen (secondary N) is 1. The lowest BCUT2D eigenvalue weighted by Gasteiger charge is -2.27. The van der Waals surface area contributed by atoms with E-state index in [-0.39, 0.29) is 18.1 Å². The molecule has 1 aliphatic rings. The summed E-state index contributed by atoms with van der Waals surface area (Å²) in [5.41, 5.74) is 0. The number of hydrogen-bond acceptors (Lipinski definition) is 4. The van der Waals surface area contributed by atoms with Crippen LogP contribution in [0.1, 0.15) is 26.2 Å². The van der Waals surface area contributed by atoms with Gasteiger partial charge in [-0.1, -0.05) is 0 Å². The van der Waals surface area contributed by atoms with Gasteiger partial charge in [0.15, 0.2) is 9.84 Å². The highest BCUT2D eigenvalue weighted by Crippen LogP contribution is 2.22. The van der Waals surface area contributed by atoms with Gasteiger partial charge in [-0.3, -0.25) is 4.79 Å². The zero-order valence-electron chi connectivity index (χ0n) is 9.48. The largest absolute Gasteiger partial charge is 0.481 e. The molecule has 0 spiro atoms. The van der Waals surface area contributed by atoms with E-state index in [1.807, 2.05) is 0 Å². The van der Waals surface area contributed by atoms with Crippen molar-refractivity contribution in [3.8, 4) is 0 Å². The maximum Gasteiger partial charge on any atom is 0.304 e. The third-order valence-electron chi connectivity index (χ3n) is 3.21. The van der Waals surface area contributed by atoms with Crippen LogP contribution in [0.4, 0.5) is 0 Å². The van der Waals surface area contributed by atoms with E-state index in [0.29, 0.717) is 0 Å². The first-order valence-electron chi connectivity index (χ1n) is 5.57. The zero-order chi connectivity index (χ0) is 12.2. The summed E-state index contributed by atoms with van der Waals surface area (Å²) < 4.78 is 23.7. The highest BCUT2D eigenvalue weighted by molar-refractivity contribution is 7.92. The van der Waals surface area contributed by atoms with Crippen molar-refractivity contribution in [2.45, 2.75) is 31.4 Å². The van der Waals surface area contributed by atoms with Gasteiger partial charge in [0.2, 0.25) is 0 Å². The van der Waals surface area contributed by atoms with E-state index in [9.17, 15) is 13.2 Å². The molecule has 6 heteroatoms. The van der Waals surface area contributed by atoms with Gasteiger partial charge in [0.1, 0.15) is 0 Å². The molecular weight excluding hydrogens is 230 g/mol. The van der Waals surface area contributed by atoms with Crippen molar-refractivity contribution in [1.29, 1.82) is 0 Å². The second kappa shape index (κ2) is 5.63. The van der Waals surface area contributed by atoms with E-state index in [0.717, 1.165) is 25.9 Å². The summed E-state index contributed by atoms with van der Waals surface area (Å²) in [6.07, 6.45) is 1.42. The number of piperidine rings is 1. The van der Waals surface area contributed by atoms with Gasteiger partial charge in [-0.15, -0.1) is 0 Å². The smallest absolute Gasteiger partial charge is 0.304 e. The normalized spacial score (nSPS) is 20.6. The average Bonchev–Trinajstić information content (AvgIpc) is 2.27. The highest BCUT2D eigenvalue weighted by atomic mass is 32.2. The lowest BCUT2D eigenvalue weighted by molar-refractivity contribution is -0.136. The van der Waals surface area contributed by atoms with Crippen molar-refractivity contribution < 1.29 is 18.3 Å². The molecule has 0 aromatic rings. The Kier molecular flexibility index (Phi) is 4.73. The molecule has 94 valence electrons. The Morgan fingerprint density at radius 2 is 2.00 bits per heavy atom. The summed E-state index contributed by atoms with van der Waals surface area (Å²) in [6, 6.07) is 0. The van der Waals surface area contributed by atoms with Crippen molar-refractivity contribution in [3.05, 3.63) is 0 Å². The molecule has 2 N–H and O–H groups in total. The highest BCUT2D eigenvalue weighted by Gasteiger charge is 2.30. The maximum absolute atomic E-state index is 11.9. The van der Waals surface area contributed by atoms with Crippen molar-refractivity contribution >= 4 is 15.8 Å². The summed E-state index contributed by atoms with van der Waals surface area (Å²) in [5, 5.41) is 11.3. The number of rotatable bonds is 5. The molecule has 1 aliphatic heterocycles. The molecule has 16 heavy (non-hydrogen) atoms. The fourth-order valence-electron chi connectivity index (χ4n) is 2.02. The molecule has 0 saturated carbocycles. The third kappa shape index (κ3) is 3.75. The summed E-state index contributed by atoms with van der Waals surface area (Å²) in [4.78, 5) is 10.4. The van der Waals surface area contributed by atoms with Gasteiger partial charge < -0.3 is 10.4 Å². The van der Waals surface area contributed by atoms with E-state index >= 15 is 0 Å². The molecule has 0 aromatic carbocycles. The summed E-state index contributed by atoms with van der Waals surface area (Å²) in [6.45, 7) is 3.40. The first-order chi connectivity index (χ1) is 7.43. The molecule has 0 amide bonds.